The quantitative estimate of drug-likeness (QED) is 0.596. The van der Waals surface area contributed by atoms with Crippen molar-refractivity contribution in [1.29, 1.82) is 0 Å². The van der Waals surface area contributed by atoms with E-state index in [9.17, 15) is 8.42 Å². The Morgan fingerprint density at radius 1 is 1.42 bits per heavy atom. The third-order valence-corrected chi connectivity index (χ3v) is 4.73. The molecule has 19 heavy (non-hydrogen) atoms. The molecule has 1 aromatic carbocycles. The van der Waals surface area contributed by atoms with Crippen molar-refractivity contribution in [3.63, 3.8) is 0 Å². The molecule has 0 amide bonds. The fourth-order valence-electron chi connectivity index (χ4n) is 2.06. The van der Waals surface area contributed by atoms with Gasteiger partial charge < -0.3 is 4.74 Å². The van der Waals surface area contributed by atoms with Gasteiger partial charge in [0.1, 0.15) is 16.7 Å². The number of aryl methyl sites for hydroxylation is 1. The second kappa shape index (κ2) is 5.85. The molecule has 0 saturated heterocycles. The van der Waals surface area contributed by atoms with Crippen molar-refractivity contribution in [2.24, 2.45) is 0 Å². The van der Waals surface area contributed by atoms with Gasteiger partial charge in [-0.3, -0.25) is 0 Å². The Morgan fingerprint density at radius 3 is 2.74 bits per heavy atom. The van der Waals surface area contributed by atoms with Crippen LogP contribution >= 0.6 is 26.6 Å². The summed E-state index contributed by atoms with van der Waals surface area (Å²) in [5.74, 6) is 0.342. The summed E-state index contributed by atoms with van der Waals surface area (Å²) in [7, 11) is 1.64. The first kappa shape index (κ1) is 14.9. The molecule has 3 nitrogen and oxygen atoms in total. The summed E-state index contributed by atoms with van der Waals surface area (Å²) in [6.45, 7) is 1.80. The highest BCUT2D eigenvalue weighted by Crippen LogP contribution is 2.35. The Bertz CT molecular complexity index is 611. The fraction of sp³-hybridized carbons (Fsp3) is 0.385. The van der Waals surface area contributed by atoms with Crippen LogP contribution in [0.25, 0.3) is 0 Å². The zero-order valence-electron chi connectivity index (χ0n) is 10.4. The van der Waals surface area contributed by atoms with Gasteiger partial charge in [-0.25, -0.2) is 8.42 Å². The number of hydrogen-bond acceptors (Lipinski definition) is 3. The fourth-order valence-corrected chi connectivity index (χ4v) is 3.83. The van der Waals surface area contributed by atoms with Gasteiger partial charge in [-0.05, 0) is 50.0 Å². The average Bonchev–Trinajstić information content (AvgIpc) is 2.32. The van der Waals surface area contributed by atoms with Crippen LogP contribution in [-0.4, -0.2) is 14.5 Å². The van der Waals surface area contributed by atoms with Gasteiger partial charge in [0.2, 0.25) is 0 Å². The largest absolute Gasteiger partial charge is 0.485 e. The molecule has 6 heteroatoms. The van der Waals surface area contributed by atoms with Gasteiger partial charge >= 0.3 is 0 Å². The second-order valence-corrected chi connectivity index (χ2v) is 7.95. The lowest BCUT2D eigenvalue weighted by atomic mass is 10.1. The first-order valence-electron chi connectivity index (χ1n) is 5.96. The summed E-state index contributed by atoms with van der Waals surface area (Å²) in [5.41, 5.74) is 0.743. The van der Waals surface area contributed by atoms with Crippen molar-refractivity contribution in [3.8, 4) is 5.75 Å². The first-order valence-corrected chi connectivity index (χ1v) is 9.06. The van der Waals surface area contributed by atoms with E-state index in [-0.39, 0.29) is 11.0 Å². The van der Waals surface area contributed by atoms with Crippen molar-refractivity contribution >= 4 is 35.7 Å². The molecule has 1 atom stereocenters. The summed E-state index contributed by atoms with van der Waals surface area (Å²) in [6, 6.07) is 3.28. The van der Waals surface area contributed by atoms with E-state index >= 15 is 0 Å². The van der Waals surface area contributed by atoms with Crippen molar-refractivity contribution in [2.45, 2.75) is 37.2 Å². The topological polar surface area (TPSA) is 43.4 Å². The normalized spacial score (nSPS) is 19.4. The van der Waals surface area contributed by atoms with Gasteiger partial charge in [-0.1, -0.05) is 22.0 Å². The number of hydrogen-bond donors (Lipinski definition) is 0. The van der Waals surface area contributed by atoms with Gasteiger partial charge in [-0.15, -0.1) is 0 Å². The average molecular weight is 366 g/mol. The minimum atomic E-state index is -3.84. The van der Waals surface area contributed by atoms with Crippen LogP contribution in [0.5, 0.6) is 5.75 Å². The molecule has 0 heterocycles. The molecule has 1 aliphatic carbocycles. The van der Waals surface area contributed by atoms with Gasteiger partial charge in [0.15, 0.2) is 0 Å². The van der Waals surface area contributed by atoms with E-state index in [1.165, 1.54) is 6.07 Å². The summed E-state index contributed by atoms with van der Waals surface area (Å²) < 4.78 is 29.8. The van der Waals surface area contributed by atoms with E-state index in [0.717, 1.165) is 24.8 Å². The van der Waals surface area contributed by atoms with Crippen LogP contribution in [-0.2, 0) is 9.05 Å². The number of halogens is 2. The van der Waals surface area contributed by atoms with E-state index in [1.807, 2.05) is 12.1 Å². The molecule has 0 saturated carbocycles. The molecular formula is C13H14BrClO3S. The highest BCUT2D eigenvalue weighted by molar-refractivity contribution is 9.10. The molecule has 1 aliphatic rings. The van der Waals surface area contributed by atoms with E-state index in [1.54, 1.807) is 6.92 Å². The minimum absolute atomic E-state index is 0.0139. The predicted octanol–water partition coefficient (Wildman–Crippen LogP) is 4.17. The Balaban J connectivity index is 2.43. The number of benzene rings is 1. The zero-order chi connectivity index (χ0) is 14.0. The maximum absolute atomic E-state index is 11.6. The van der Waals surface area contributed by atoms with Crippen molar-refractivity contribution in [2.75, 3.05) is 0 Å². The molecule has 0 fully saturated rings. The second-order valence-electron chi connectivity index (χ2n) is 4.50. The molecule has 0 bridgehead atoms. The molecule has 0 N–H and O–H groups in total. The van der Waals surface area contributed by atoms with Gasteiger partial charge in [0.05, 0.1) is 0 Å². The van der Waals surface area contributed by atoms with Crippen molar-refractivity contribution in [3.05, 3.63) is 34.3 Å². The monoisotopic (exact) mass is 364 g/mol. The molecule has 1 unspecified atom stereocenters. The molecule has 2 rings (SSSR count). The first-order chi connectivity index (χ1) is 8.88. The number of ether oxygens (including phenoxy) is 1. The third-order valence-electron chi connectivity index (χ3n) is 2.95. The van der Waals surface area contributed by atoms with Crippen molar-refractivity contribution < 1.29 is 13.2 Å². The maximum atomic E-state index is 11.6. The molecule has 0 aromatic heterocycles. The summed E-state index contributed by atoms with van der Waals surface area (Å²) in [4.78, 5) is 0.0139. The van der Waals surface area contributed by atoms with Crippen LogP contribution in [0.1, 0.15) is 24.8 Å². The summed E-state index contributed by atoms with van der Waals surface area (Å²) >= 11 is 3.27. The van der Waals surface area contributed by atoms with E-state index in [0.29, 0.717) is 10.2 Å². The molecule has 1 aromatic rings. The van der Waals surface area contributed by atoms with E-state index in [2.05, 4.69) is 22.0 Å². The Kier molecular flexibility index (Phi) is 4.58. The predicted molar refractivity (Wildman–Crippen MR) is 79.3 cm³/mol. The number of allylic oxidation sites excluding steroid dienone is 1. The highest BCUT2D eigenvalue weighted by atomic mass is 79.9. The molecule has 0 spiro atoms. The molecule has 0 radical (unpaired) electrons. The van der Waals surface area contributed by atoms with Gasteiger partial charge in [0, 0.05) is 15.2 Å². The smallest absolute Gasteiger partial charge is 0.265 e. The van der Waals surface area contributed by atoms with Gasteiger partial charge in [-0.2, -0.15) is 0 Å². The van der Waals surface area contributed by atoms with Gasteiger partial charge in [0.25, 0.3) is 9.05 Å². The van der Waals surface area contributed by atoms with Crippen LogP contribution in [0.15, 0.2) is 33.7 Å². The summed E-state index contributed by atoms with van der Waals surface area (Å²) in [5, 5.41) is 0. The standard InChI is InChI=1S/C13H14BrClO3S/c1-9-7-10(14)8-12(19(15,16)17)13(9)18-11-5-3-2-4-6-11/h3,5,7-8,11H,2,4,6H2,1H3. The summed E-state index contributed by atoms with van der Waals surface area (Å²) in [6.07, 6.45) is 6.89. The minimum Gasteiger partial charge on any atom is -0.485 e. The van der Waals surface area contributed by atoms with Crippen LogP contribution in [0.4, 0.5) is 0 Å². The molecular weight excluding hydrogens is 352 g/mol. The Morgan fingerprint density at radius 2 is 2.16 bits per heavy atom. The molecule has 0 aliphatic heterocycles. The zero-order valence-corrected chi connectivity index (χ0v) is 13.6. The Hall–Kier alpha value is -0.520. The Labute approximate surface area is 126 Å². The third kappa shape index (κ3) is 3.74. The lowest BCUT2D eigenvalue weighted by Gasteiger charge is -2.21. The van der Waals surface area contributed by atoms with Crippen LogP contribution in [0.2, 0.25) is 0 Å². The lowest BCUT2D eigenvalue weighted by Crippen LogP contribution is -2.17. The lowest BCUT2D eigenvalue weighted by molar-refractivity contribution is 0.222. The SMILES string of the molecule is Cc1cc(Br)cc(S(=O)(=O)Cl)c1OC1C=CCCC1. The maximum Gasteiger partial charge on any atom is 0.265 e. The molecule has 104 valence electrons. The highest BCUT2D eigenvalue weighted by Gasteiger charge is 2.22. The van der Waals surface area contributed by atoms with Crippen LogP contribution in [0, 0.1) is 6.92 Å². The van der Waals surface area contributed by atoms with Crippen LogP contribution in [0.3, 0.4) is 0 Å². The van der Waals surface area contributed by atoms with E-state index in [4.69, 9.17) is 15.4 Å². The van der Waals surface area contributed by atoms with Crippen LogP contribution < -0.4 is 4.74 Å². The number of rotatable bonds is 3. The van der Waals surface area contributed by atoms with Crippen molar-refractivity contribution in [1.82, 2.24) is 0 Å². The van der Waals surface area contributed by atoms with E-state index < -0.39 is 9.05 Å².